The molecule has 1 fully saturated rings. The molecule has 3 atom stereocenters. The van der Waals surface area contributed by atoms with Crippen LogP contribution in [-0.4, -0.2) is 55.0 Å². The predicted molar refractivity (Wildman–Crippen MR) is 116 cm³/mol. The van der Waals surface area contributed by atoms with Crippen LogP contribution < -0.4 is 10.6 Å². The molecule has 3 N–H and O–H groups in total. The Bertz CT molecular complexity index is 978. The third-order valence-electron chi connectivity index (χ3n) is 5.94. The minimum atomic E-state index is -1.00. The molecule has 1 heterocycles. The second kappa shape index (κ2) is 9.40. The molecule has 1 saturated heterocycles. The van der Waals surface area contributed by atoms with E-state index in [0.717, 1.165) is 22.3 Å². The molecule has 2 aromatic rings. The number of carboxylic acid groups (broad SMARTS) is 1. The molecule has 2 amide bonds. The summed E-state index contributed by atoms with van der Waals surface area (Å²) in [5, 5.41) is 14.5. The number of carbonyl (C=O) groups excluding carboxylic acids is 2. The fourth-order valence-corrected chi connectivity index (χ4v) is 4.38. The van der Waals surface area contributed by atoms with Gasteiger partial charge in [-0.2, -0.15) is 0 Å². The Morgan fingerprint density at radius 3 is 2.31 bits per heavy atom. The zero-order valence-electron chi connectivity index (χ0n) is 17.7. The van der Waals surface area contributed by atoms with Gasteiger partial charge < -0.3 is 25.2 Å². The Balaban J connectivity index is 1.28. The molecule has 1 aliphatic heterocycles. The van der Waals surface area contributed by atoms with Gasteiger partial charge in [0.05, 0.1) is 19.3 Å². The first-order chi connectivity index (χ1) is 15.4. The first-order valence-corrected chi connectivity index (χ1v) is 10.7. The fourth-order valence-electron chi connectivity index (χ4n) is 4.38. The molecule has 32 heavy (non-hydrogen) atoms. The number of fused-ring (bicyclic) bond motifs is 3. The second-order valence-electron chi connectivity index (χ2n) is 8.23. The van der Waals surface area contributed by atoms with Crippen LogP contribution in [0.3, 0.4) is 0 Å². The molecule has 168 valence electrons. The van der Waals surface area contributed by atoms with Crippen molar-refractivity contribution < 1.29 is 29.0 Å². The smallest absolute Gasteiger partial charge is 0.407 e. The highest BCUT2D eigenvalue weighted by molar-refractivity contribution is 5.80. The number of alkyl carbamates (subject to hydrolysis) is 1. The van der Waals surface area contributed by atoms with E-state index in [9.17, 15) is 14.4 Å². The summed E-state index contributed by atoms with van der Waals surface area (Å²) in [6.45, 7) is 2.13. The van der Waals surface area contributed by atoms with Crippen molar-refractivity contribution in [1.29, 1.82) is 0 Å². The molecule has 0 saturated carbocycles. The maximum absolute atomic E-state index is 12.3. The summed E-state index contributed by atoms with van der Waals surface area (Å²) in [6, 6.07) is 15.1. The van der Waals surface area contributed by atoms with Crippen molar-refractivity contribution in [2.45, 2.75) is 31.3 Å². The molecule has 2 aromatic carbocycles. The molecule has 8 nitrogen and oxygen atoms in total. The SMILES string of the molecule is C[C@H](CC(=O)NC1COCC1C(=O)O)NC(=O)OCC1c2ccccc2-c2ccccc21. The van der Waals surface area contributed by atoms with Crippen LogP contribution in [0.1, 0.15) is 30.4 Å². The van der Waals surface area contributed by atoms with Gasteiger partial charge in [-0.25, -0.2) is 4.79 Å². The molecule has 2 unspecified atom stereocenters. The van der Waals surface area contributed by atoms with Crippen molar-refractivity contribution in [3.63, 3.8) is 0 Å². The zero-order chi connectivity index (χ0) is 22.7. The normalized spacial score (nSPS) is 20.2. The number of hydrogen-bond acceptors (Lipinski definition) is 5. The van der Waals surface area contributed by atoms with Crippen LogP contribution in [0.5, 0.6) is 0 Å². The predicted octanol–water partition coefficient (Wildman–Crippen LogP) is 2.52. The Morgan fingerprint density at radius 1 is 1.06 bits per heavy atom. The maximum Gasteiger partial charge on any atom is 0.407 e. The van der Waals surface area contributed by atoms with Crippen molar-refractivity contribution in [2.75, 3.05) is 19.8 Å². The summed E-state index contributed by atoms with van der Waals surface area (Å²) in [5.74, 6) is -2.15. The first kappa shape index (κ1) is 21.8. The van der Waals surface area contributed by atoms with E-state index in [4.69, 9.17) is 14.6 Å². The number of nitrogens with one attached hydrogen (secondary N) is 2. The minimum absolute atomic E-state index is 0.00698. The van der Waals surface area contributed by atoms with Gasteiger partial charge in [0.2, 0.25) is 5.91 Å². The summed E-state index contributed by atoms with van der Waals surface area (Å²) in [6.07, 6.45) is -0.590. The second-order valence-corrected chi connectivity index (χ2v) is 8.23. The summed E-state index contributed by atoms with van der Waals surface area (Å²) in [4.78, 5) is 35.8. The highest BCUT2D eigenvalue weighted by Crippen LogP contribution is 2.44. The van der Waals surface area contributed by atoms with Gasteiger partial charge in [0.1, 0.15) is 12.5 Å². The average molecular weight is 438 g/mol. The molecule has 0 spiro atoms. The van der Waals surface area contributed by atoms with Gasteiger partial charge in [-0.1, -0.05) is 48.5 Å². The molecule has 4 rings (SSSR count). The van der Waals surface area contributed by atoms with E-state index < -0.39 is 30.1 Å². The van der Waals surface area contributed by atoms with Crippen molar-refractivity contribution in [3.8, 4) is 11.1 Å². The minimum Gasteiger partial charge on any atom is -0.481 e. The summed E-state index contributed by atoms with van der Waals surface area (Å²) < 4.78 is 10.6. The lowest BCUT2D eigenvalue weighted by Gasteiger charge is -2.19. The van der Waals surface area contributed by atoms with Crippen LogP contribution in [0.4, 0.5) is 4.79 Å². The molecule has 1 aliphatic carbocycles. The van der Waals surface area contributed by atoms with Crippen LogP contribution in [0.25, 0.3) is 11.1 Å². The monoisotopic (exact) mass is 438 g/mol. The van der Waals surface area contributed by atoms with Crippen molar-refractivity contribution in [1.82, 2.24) is 10.6 Å². The van der Waals surface area contributed by atoms with Gasteiger partial charge in [-0.3, -0.25) is 9.59 Å². The van der Waals surface area contributed by atoms with Gasteiger partial charge in [0.25, 0.3) is 0 Å². The number of benzene rings is 2. The lowest BCUT2D eigenvalue weighted by atomic mass is 9.98. The molecule has 8 heteroatoms. The zero-order valence-corrected chi connectivity index (χ0v) is 17.7. The van der Waals surface area contributed by atoms with Crippen LogP contribution in [-0.2, 0) is 19.1 Å². The average Bonchev–Trinajstić information content (AvgIpc) is 3.34. The molecule has 0 radical (unpaired) electrons. The number of amides is 2. The van der Waals surface area contributed by atoms with Crippen molar-refractivity contribution in [3.05, 3.63) is 59.7 Å². The van der Waals surface area contributed by atoms with Gasteiger partial charge in [-0.05, 0) is 29.2 Å². The van der Waals surface area contributed by atoms with Crippen LogP contribution in [0.15, 0.2) is 48.5 Å². The van der Waals surface area contributed by atoms with Gasteiger partial charge in [0.15, 0.2) is 0 Å². The topological polar surface area (TPSA) is 114 Å². The van der Waals surface area contributed by atoms with Crippen LogP contribution in [0, 0.1) is 5.92 Å². The Labute approximate surface area is 185 Å². The van der Waals surface area contributed by atoms with Gasteiger partial charge in [0, 0.05) is 18.4 Å². The number of rotatable bonds is 7. The Hall–Kier alpha value is -3.39. The Morgan fingerprint density at radius 2 is 1.69 bits per heavy atom. The largest absolute Gasteiger partial charge is 0.481 e. The van der Waals surface area contributed by atoms with Gasteiger partial charge >= 0.3 is 12.1 Å². The van der Waals surface area contributed by atoms with Gasteiger partial charge in [-0.15, -0.1) is 0 Å². The van der Waals surface area contributed by atoms with Crippen LogP contribution in [0.2, 0.25) is 0 Å². The van der Waals surface area contributed by atoms with E-state index in [2.05, 4.69) is 22.8 Å². The number of aliphatic carboxylic acids is 1. The molecular weight excluding hydrogens is 412 g/mol. The van der Waals surface area contributed by atoms with E-state index in [1.54, 1.807) is 6.92 Å². The number of carboxylic acids is 1. The molecule has 0 aromatic heterocycles. The number of hydrogen-bond donors (Lipinski definition) is 3. The van der Waals surface area contributed by atoms with E-state index in [-0.39, 0.29) is 38.1 Å². The van der Waals surface area contributed by atoms with Crippen LogP contribution >= 0.6 is 0 Å². The lowest BCUT2D eigenvalue weighted by Crippen LogP contribution is -2.45. The maximum atomic E-state index is 12.3. The van der Waals surface area contributed by atoms with E-state index >= 15 is 0 Å². The third-order valence-corrected chi connectivity index (χ3v) is 5.94. The van der Waals surface area contributed by atoms with E-state index in [0.29, 0.717) is 0 Å². The number of carbonyl (C=O) groups is 3. The standard InChI is InChI=1S/C24H26N2O6/c1-14(10-22(27)26-21-13-31-11-20(21)23(28)29)25-24(30)32-12-19-17-8-4-2-6-15(17)16-7-3-5-9-18(16)19/h2-9,14,19-21H,10-13H2,1H3,(H,25,30)(H,26,27)(H,28,29)/t14-,20?,21?/m1/s1. The van der Waals surface area contributed by atoms with Crippen molar-refractivity contribution >= 4 is 18.0 Å². The Kier molecular flexibility index (Phi) is 6.41. The molecule has 0 bridgehead atoms. The fraction of sp³-hybridized carbons (Fsp3) is 0.375. The lowest BCUT2D eigenvalue weighted by molar-refractivity contribution is -0.142. The summed E-state index contributed by atoms with van der Waals surface area (Å²) >= 11 is 0. The van der Waals surface area contributed by atoms with E-state index in [1.165, 1.54) is 0 Å². The first-order valence-electron chi connectivity index (χ1n) is 10.7. The summed E-state index contributed by atoms with van der Waals surface area (Å²) in [5.41, 5.74) is 4.55. The molecule has 2 aliphatic rings. The van der Waals surface area contributed by atoms with Crippen molar-refractivity contribution in [2.24, 2.45) is 5.92 Å². The number of ether oxygens (including phenoxy) is 2. The molecular formula is C24H26N2O6. The highest BCUT2D eigenvalue weighted by atomic mass is 16.5. The quantitative estimate of drug-likeness (QED) is 0.612. The van der Waals surface area contributed by atoms with E-state index in [1.807, 2.05) is 36.4 Å². The highest BCUT2D eigenvalue weighted by Gasteiger charge is 2.35. The summed E-state index contributed by atoms with van der Waals surface area (Å²) in [7, 11) is 0. The third kappa shape index (κ3) is 4.60.